The van der Waals surface area contributed by atoms with Crippen LogP contribution in [0.3, 0.4) is 0 Å². The van der Waals surface area contributed by atoms with Crippen molar-refractivity contribution in [1.82, 2.24) is 0 Å². The van der Waals surface area contributed by atoms with Gasteiger partial charge in [-0.05, 0) is 56.2 Å². The summed E-state index contributed by atoms with van der Waals surface area (Å²) >= 11 is 0. The molecule has 2 rings (SSSR count). The van der Waals surface area contributed by atoms with Crippen molar-refractivity contribution >= 4 is 5.69 Å². The van der Waals surface area contributed by atoms with E-state index in [-0.39, 0.29) is 0 Å². The fraction of sp³-hybridized carbons (Fsp3) is 0.625. The van der Waals surface area contributed by atoms with Crippen LogP contribution in [0.2, 0.25) is 0 Å². The van der Waals surface area contributed by atoms with Gasteiger partial charge in [-0.1, -0.05) is 31.9 Å². The Labute approximate surface area is 106 Å². The SMILES string of the molecule is Cc1ccc(C)c(NC2CCCC(C)CC2)c1. The molecule has 1 aromatic rings. The number of nitrogens with one attached hydrogen (secondary N) is 1. The Hall–Kier alpha value is -0.980. The molecule has 1 aliphatic rings. The van der Waals surface area contributed by atoms with Gasteiger partial charge in [0.15, 0.2) is 0 Å². The second kappa shape index (κ2) is 5.57. The Bertz CT molecular complexity index is 370. The van der Waals surface area contributed by atoms with Crippen LogP contribution in [-0.4, -0.2) is 6.04 Å². The molecule has 0 heterocycles. The third-order valence-electron chi connectivity index (χ3n) is 4.01. The van der Waals surface area contributed by atoms with Gasteiger partial charge in [0, 0.05) is 11.7 Å². The number of hydrogen-bond acceptors (Lipinski definition) is 1. The third-order valence-corrected chi connectivity index (χ3v) is 4.01. The van der Waals surface area contributed by atoms with Gasteiger partial charge in [-0.25, -0.2) is 0 Å². The molecule has 1 fully saturated rings. The zero-order chi connectivity index (χ0) is 12.3. The van der Waals surface area contributed by atoms with Crippen molar-refractivity contribution in [1.29, 1.82) is 0 Å². The van der Waals surface area contributed by atoms with Crippen LogP contribution in [0.5, 0.6) is 0 Å². The highest BCUT2D eigenvalue weighted by Crippen LogP contribution is 2.26. The normalized spacial score (nSPS) is 25.4. The van der Waals surface area contributed by atoms with Crippen LogP contribution >= 0.6 is 0 Å². The number of rotatable bonds is 2. The molecule has 0 aromatic heterocycles. The Morgan fingerprint density at radius 3 is 2.71 bits per heavy atom. The number of benzene rings is 1. The van der Waals surface area contributed by atoms with Gasteiger partial charge in [-0.2, -0.15) is 0 Å². The molecule has 2 atom stereocenters. The van der Waals surface area contributed by atoms with E-state index < -0.39 is 0 Å². The van der Waals surface area contributed by atoms with Gasteiger partial charge in [0.2, 0.25) is 0 Å². The molecule has 1 N–H and O–H groups in total. The van der Waals surface area contributed by atoms with Crippen LogP contribution < -0.4 is 5.32 Å². The van der Waals surface area contributed by atoms with E-state index >= 15 is 0 Å². The van der Waals surface area contributed by atoms with Gasteiger partial charge in [0.25, 0.3) is 0 Å². The first-order valence-electron chi connectivity index (χ1n) is 6.99. The maximum Gasteiger partial charge on any atom is 0.0374 e. The highest BCUT2D eigenvalue weighted by molar-refractivity contribution is 5.53. The Morgan fingerprint density at radius 2 is 1.88 bits per heavy atom. The minimum absolute atomic E-state index is 0.681. The lowest BCUT2D eigenvalue weighted by Crippen LogP contribution is -2.19. The van der Waals surface area contributed by atoms with Crippen molar-refractivity contribution in [3.8, 4) is 0 Å². The van der Waals surface area contributed by atoms with Crippen LogP contribution in [-0.2, 0) is 0 Å². The summed E-state index contributed by atoms with van der Waals surface area (Å²) in [5.41, 5.74) is 4.05. The quantitative estimate of drug-likeness (QED) is 0.728. The second-order valence-electron chi connectivity index (χ2n) is 5.77. The van der Waals surface area contributed by atoms with Gasteiger partial charge < -0.3 is 5.32 Å². The van der Waals surface area contributed by atoms with Crippen molar-refractivity contribution < 1.29 is 0 Å². The van der Waals surface area contributed by atoms with Gasteiger partial charge in [0.1, 0.15) is 0 Å². The van der Waals surface area contributed by atoms with Crippen molar-refractivity contribution in [3.05, 3.63) is 29.3 Å². The van der Waals surface area contributed by atoms with Crippen LogP contribution in [0.15, 0.2) is 18.2 Å². The molecule has 1 aromatic carbocycles. The summed E-state index contributed by atoms with van der Waals surface area (Å²) in [7, 11) is 0. The molecule has 17 heavy (non-hydrogen) atoms. The standard InChI is InChI=1S/C16H25N/c1-12-5-4-6-15(10-8-12)17-16-11-13(2)7-9-14(16)3/h7,9,11-12,15,17H,4-6,8,10H2,1-3H3. The fourth-order valence-electron chi connectivity index (χ4n) is 2.74. The molecular formula is C16H25N. The molecule has 2 unspecified atom stereocenters. The van der Waals surface area contributed by atoms with Crippen molar-refractivity contribution in [2.24, 2.45) is 5.92 Å². The number of aryl methyl sites for hydroxylation is 2. The molecule has 1 heteroatoms. The molecular weight excluding hydrogens is 206 g/mol. The average molecular weight is 231 g/mol. The first-order valence-corrected chi connectivity index (χ1v) is 6.99. The predicted molar refractivity (Wildman–Crippen MR) is 75.6 cm³/mol. The molecule has 1 aliphatic carbocycles. The zero-order valence-corrected chi connectivity index (χ0v) is 11.4. The van der Waals surface area contributed by atoms with Gasteiger partial charge in [-0.15, -0.1) is 0 Å². The topological polar surface area (TPSA) is 12.0 Å². The molecule has 0 saturated heterocycles. The van der Waals surface area contributed by atoms with Crippen LogP contribution in [0.25, 0.3) is 0 Å². The third kappa shape index (κ3) is 3.49. The molecule has 0 spiro atoms. The lowest BCUT2D eigenvalue weighted by molar-refractivity contribution is 0.502. The van der Waals surface area contributed by atoms with Crippen LogP contribution in [0.4, 0.5) is 5.69 Å². The van der Waals surface area contributed by atoms with Crippen molar-refractivity contribution in [2.45, 2.75) is 58.9 Å². The van der Waals surface area contributed by atoms with E-state index in [0.29, 0.717) is 6.04 Å². The van der Waals surface area contributed by atoms with E-state index in [1.54, 1.807) is 0 Å². The van der Waals surface area contributed by atoms with Crippen LogP contribution in [0, 0.1) is 19.8 Å². The second-order valence-corrected chi connectivity index (χ2v) is 5.77. The average Bonchev–Trinajstić information content (AvgIpc) is 2.49. The molecule has 0 radical (unpaired) electrons. The van der Waals surface area contributed by atoms with Crippen LogP contribution in [0.1, 0.15) is 50.2 Å². The summed E-state index contributed by atoms with van der Waals surface area (Å²) in [6.45, 7) is 6.75. The zero-order valence-electron chi connectivity index (χ0n) is 11.4. The highest BCUT2D eigenvalue weighted by atomic mass is 14.9. The minimum Gasteiger partial charge on any atom is -0.382 e. The molecule has 0 aliphatic heterocycles. The van der Waals surface area contributed by atoms with Crippen molar-refractivity contribution in [3.63, 3.8) is 0 Å². The summed E-state index contributed by atoms with van der Waals surface area (Å²) < 4.78 is 0. The highest BCUT2D eigenvalue weighted by Gasteiger charge is 2.16. The Morgan fingerprint density at radius 1 is 1.06 bits per heavy atom. The van der Waals surface area contributed by atoms with E-state index in [2.05, 4.69) is 44.3 Å². The lowest BCUT2D eigenvalue weighted by Gasteiger charge is -2.19. The minimum atomic E-state index is 0.681. The first kappa shape index (κ1) is 12.5. The van der Waals surface area contributed by atoms with E-state index in [0.717, 1.165) is 5.92 Å². The molecule has 1 saturated carbocycles. The summed E-state index contributed by atoms with van der Waals surface area (Å²) in [4.78, 5) is 0. The first-order chi connectivity index (χ1) is 8.15. The Balaban J connectivity index is 2.02. The van der Waals surface area contributed by atoms with E-state index in [1.165, 1.54) is 48.9 Å². The van der Waals surface area contributed by atoms with E-state index in [4.69, 9.17) is 0 Å². The summed E-state index contributed by atoms with van der Waals surface area (Å²) in [5.74, 6) is 0.917. The monoisotopic (exact) mass is 231 g/mol. The summed E-state index contributed by atoms with van der Waals surface area (Å²) in [5, 5.41) is 3.75. The molecule has 0 amide bonds. The van der Waals surface area contributed by atoms with E-state index in [9.17, 15) is 0 Å². The van der Waals surface area contributed by atoms with Gasteiger partial charge in [-0.3, -0.25) is 0 Å². The smallest absolute Gasteiger partial charge is 0.0374 e. The summed E-state index contributed by atoms with van der Waals surface area (Å²) in [6.07, 6.45) is 6.82. The fourth-order valence-corrected chi connectivity index (χ4v) is 2.74. The largest absolute Gasteiger partial charge is 0.382 e. The molecule has 0 bridgehead atoms. The molecule has 94 valence electrons. The molecule has 1 nitrogen and oxygen atoms in total. The maximum atomic E-state index is 3.75. The predicted octanol–water partition coefficient (Wildman–Crippen LogP) is 4.68. The maximum absolute atomic E-state index is 3.75. The van der Waals surface area contributed by atoms with Gasteiger partial charge >= 0.3 is 0 Å². The lowest BCUT2D eigenvalue weighted by atomic mass is 10.0. The van der Waals surface area contributed by atoms with Crippen molar-refractivity contribution in [2.75, 3.05) is 5.32 Å². The summed E-state index contributed by atoms with van der Waals surface area (Å²) in [6, 6.07) is 7.37. The number of anilines is 1. The number of hydrogen-bond donors (Lipinski definition) is 1. The van der Waals surface area contributed by atoms with Gasteiger partial charge in [0.05, 0.1) is 0 Å². The van der Waals surface area contributed by atoms with E-state index in [1.807, 2.05) is 0 Å². The Kier molecular flexibility index (Phi) is 4.09.